The Labute approximate surface area is 122 Å². The number of nitrogens with two attached hydrogens (primary N) is 2. The second-order valence-electron chi connectivity index (χ2n) is 4.70. The van der Waals surface area contributed by atoms with Gasteiger partial charge in [-0.2, -0.15) is 0 Å². The van der Waals surface area contributed by atoms with E-state index in [9.17, 15) is 13.2 Å². The van der Waals surface area contributed by atoms with Crippen molar-refractivity contribution in [2.75, 3.05) is 25.6 Å². The number of methoxy groups -OCH3 is 1. The summed E-state index contributed by atoms with van der Waals surface area (Å²) >= 11 is 0. The molecule has 21 heavy (non-hydrogen) atoms. The third-order valence-electron chi connectivity index (χ3n) is 3.22. The van der Waals surface area contributed by atoms with Gasteiger partial charge in [-0.15, -0.1) is 0 Å². The second kappa shape index (κ2) is 5.98. The topological polar surface area (TPSA) is 134 Å². The van der Waals surface area contributed by atoms with Crippen molar-refractivity contribution < 1.29 is 22.7 Å². The van der Waals surface area contributed by atoms with Gasteiger partial charge < -0.3 is 20.5 Å². The third kappa shape index (κ3) is 3.50. The molecule has 0 saturated carbocycles. The Morgan fingerprint density at radius 1 is 1.43 bits per heavy atom. The normalized spacial score (nSPS) is 22.0. The number of carbonyl (C=O) groups is 1. The summed E-state index contributed by atoms with van der Waals surface area (Å²) in [5.74, 6) is -0.527. The number of anilines is 1. The molecule has 2 unspecified atom stereocenters. The molecule has 2 atom stereocenters. The zero-order chi connectivity index (χ0) is 15.6. The molecule has 2 rings (SSSR count). The molecule has 0 radical (unpaired) electrons. The first-order chi connectivity index (χ1) is 9.82. The van der Waals surface area contributed by atoms with Crippen LogP contribution in [-0.4, -0.2) is 40.7 Å². The molecule has 0 aliphatic carbocycles. The molecule has 0 bridgehead atoms. The van der Waals surface area contributed by atoms with Crippen LogP contribution < -0.4 is 20.9 Å². The van der Waals surface area contributed by atoms with Crippen LogP contribution in [0.25, 0.3) is 0 Å². The average molecular weight is 315 g/mol. The maximum absolute atomic E-state index is 12.1. The van der Waals surface area contributed by atoms with E-state index >= 15 is 0 Å². The average Bonchev–Trinajstić information content (AvgIpc) is 2.84. The Bertz CT molecular complexity index is 646. The molecule has 1 aliphatic heterocycles. The fourth-order valence-corrected chi connectivity index (χ4v) is 2.57. The summed E-state index contributed by atoms with van der Waals surface area (Å²) in [4.78, 5) is 12.0. The zero-order valence-corrected chi connectivity index (χ0v) is 12.2. The second-order valence-corrected chi connectivity index (χ2v) is 6.27. The van der Waals surface area contributed by atoms with Gasteiger partial charge in [0.2, 0.25) is 15.9 Å². The fourth-order valence-electron chi connectivity index (χ4n) is 2.03. The summed E-state index contributed by atoms with van der Waals surface area (Å²) in [7, 11) is -2.46. The standard InChI is InChI=1S/C12H17N3O5S/c1-19-11-3-2-7(21(14,17)18)4-10(11)15-12(16)8-5-20-6-9(8)13/h2-4,8-9H,5-6,13H2,1H3,(H,15,16)(H2,14,17,18). The predicted molar refractivity (Wildman–Crippen MR) is 75.3 cm³/mol. The Morgan fingerprint density at radius 3 is 2.67 bits per heavy atom. The van der Waals surface area contributed by atoms with Gasteiger partial charge >= 0.3 is 0 Å². The van der Waals surface area contributed by atoms with Crippen LogP contribution in [0.4, 0.5) is 5.69 Å². The highest BCUT2D eigenvalue weighted by atomic mass is 32.2. The molecule has 5 N–H and O–H groups in total. The Kier molecular flexibility index (Phi) is 4.47. The van der Waals surface area contributed by atoms with E-state index in [1.54, 1.807) is 0 Å². The molecule has 0 aromatic heterocycles. The predicted octanol–water partition coefficient (Wildman–Crippen LogP) is -0.745. The minimum atomic E-state index is -3.87. The molecule has 1 aromatic carbocycles. The van der Waals surface area contributed by atoms with Crippen LogP contribution in [0.15, 0.2) is 23.1 Å². The summed E-state index contributed by atoms with van der Waals surface area (Å²) in [5.41, 5.74) is 5.99. The molecular formula is C12H17N3O5S. The first kappa shape index (κ1) is 15.7. The molecule has 1 amide bonds. The van der Waals surface area contributed by atoms with E-state index in [1.807, 2.05) is 0 Å². The molecule has 1 aromatic rings. The van der Waals surface area contributed by atoms with E-state index in [-0.39, 0.29) is 23.1 Å². The Morgan fingerprint density at radius 2 is 2.14 bits per heavy atom. The van der Waals surface area contributed by atoms with Crippen molar-refractivity contribution in [2.45, 2.75) is 10.9 Å². The number of benzene rings is 1. The first-order valence-corrected chi connectivity index (χ1v) is 7.72. The number of nitrogens with one attached hydrogen (secondary N) is 1. The quantitative estimate of drug-likeness (QED) is 0.669. The van der Waals surface area contributed by atoms with E-state index in [1.165, 1.54) is 25.3 Å². The molecular weight excluding hydrogens is 298 g/mol. The third-order valence-corrected chi connectivity index (χ3v) is 4.13. The molecule has 9 heteroatoms. The monoisotopic (exact) mass is 315 g/mol. The van der Waals surface area contributed by atoms with E-state index < -0.39 is 22.0 Å². The Hall–Kier alpha value is -1.68. The molecule has 116 valence electrons. The number of primary sulfonamides is 1. The summed E-state index contributed by atoms with van der Waals surface area (Å²) < 4.78 is 32.9. The summed E-state index contributed by atoms with van der Waals surface area (Å²) in [6.45, 7) is 0.538. The lowest BCUT2D eigenvalue weighted by Crippen LogP contribution is -2.37. The van der Waals surface area contributed by atoms with E-state index in [4.69, 9.17) is 20.3 Å². The van der Waals surface area contributed by atoms with Crippen LogP contribution in [0.1, 0.15) is 0 Å². The highest BCUT2D eigenvalue weighted by Gasteiger charge is 2.31. The van der Waals surface area contributed by atoms with Gasteiger partial charge in [-0.25, -0.2) is 13.6 Å². The Balaban J connectivity index is 2.27. The van der Waals surface area contributed by atoms with Gasteiger partial charge in [-0.3, -0.25) is 4.79 Å². The molecule has 1 fully saturated rings. The van der Waals surface area contributed by atoms with Crippen molar-refractivity contribution in [3.05, 3.63) is 18.2 Å². The van der Waals surface area contributed by atoms with Gasteiger partial charge in [0.15, 0.2) is 0 Å². The summed E-state index contributed by atoms with van der Waals surface area (Å²) in [6, 6.07) is 3.57. The molecule has 1 aliphatic rings. The summed E-state index contributed by atoms with van der Waals surface area (Å²) in [5, 5.41) is 7.67. The van der Waals surface area contributed by atoms with Gasteiger partial charge in [0.05, 0.1) is 36.8 Å². The molecule has 0 spiro atoms. The van der Waals surface area contributed by atoms with Crippen molar-refractivity contribution >= 4 is 21.6 Å². The number of sulfonamides is 1. The number of ether oxygens (including phenoxy) is 2. The van der Waals surface area contributed by atoms with Crippen LogP contribution >= 0.6 is 0 Å². The lowest BCUT2D eigenvalue weighted by molar-refractivity contribution is -0.120. The van der Waals surface area contributed by atoms with Crippen molar-refractivity contribution in [2.24, 2.45) is 16.8 Å². The van der Waals surface area contributed by atoms with Crippen LogP contribution in [0.2, 0.25) is 0 Å². The fraction of sp³-hybridized carbons (Fsp3) is 0.417. The van der Waals surface area contributed by atoms with Gasteiger partial charge in [0, 0.05) is 6.04 Å². The highest BCUT2D eigenvalue weighted by molar-refractivity contribution is 7.89. The van der Waals surface area contributed by atoms with Gasteiger partial charge in [-0.1, -0.05) is 0 Å². The van der Waals surface area contributed by atoms with Gasteiger partial charge in [0.25, 0.3) is 0 Å². The molecule has 1 saturated heterocycles. The minimum Gasteiger partial charge on any atom is -0.495 e. The van der Waals surface area contributed by atoms with Crippen molar-refractivity contribution in [1.82, 2.24) is 0 Å². The maximum Gasteiger partial charge on any atom is 0.238 e. The first-order valence-electron chi connectivity index (χ1n) is 6.18. The van der Waals surface area contributed by atoms with Crippen LogP contribution in [0.3, 0.4) is 0 Å². The van der Waals surface area contributed by atoms with Crippen LogP contribution in [0.5, 0.6) is 5.75 Å². The van der Waals surface area contributed by atoms with Crippen molar-refractivity contribution in [3.8, 4) is 5.75 Å². The van der Waals surface area contributed by atoms with Gasteiger partial charge in [0.1, 0.15) is 5.75 Å². The van der Waals surface area contributed by atoms with E-state index in [2.05, 4.69) is 5.32 Å². The minimum absolute atomic E-state index is 0.120. The number of rotatable bonds is 4. The number of hydrogen-bond donors (Lipinski definition) is 3. The SMILES string of the molecule is COc1ccc(S(N)(=O)=O)cc1NC(=O)C1COCC1N. The lowest BCUT2D eigenvalue weighted by atomic mass is 10.0. The van der Waals surface area contributed by atoms with E-state index in [0.717, 1.165) is 0 Å². The lowest BCUT2D eigenvalue weighted by Gasteiger charge is -2.16. The van der Waals surface area contributed by atoms with Crippen LogP contribution in [-0.2, 0) is 19.6 Å². The number of amides is 1. The van der Waals surface area contributed by atoms with E-state index in [0.29, 0.717) is 12.4 Å². The highest BCUT2D eigenvalue weighted by Crippen LogP contribution is 2.28. The maximum atomic E-state index is 12.1. The number of hydrogen-bond acceptors (Lipinski definition) is 6. The molecule has 8 nitrogen and oxygen atoms in total. The zero-order valence-electron chi connectivity index (χ0n) is 11.4. The largest absolute Gasteiger partial charge is 0.495 e. The van der Waals surface area contributed by atoms with Gasteiger partial charge in [-0.05, 0) is 18.2 Å². The van der Waals surface area contributed by atoms with Crippen LogP contribution in [0, 0.1) is 5.92 Å². The summed E-state index contributed by atoms with van der Waals surface area (Å²) in [6.07, 6.45) is 0. The molecule has 1 heterocycles. The van der Waals surface area contributed by atoms with Crippen molar-refractivity contribution in [1.29, 1.82) is 0 Å². The smallest absolute Gasteiger partial charge is 0.238 e. The number of carbonyl (C=O) groups excluding carboxylic acids is 1. The van der Waals surface area contributed by atoms with Crippen molar-refractivity contribution in [3.63, 3.8) is 0 Å².